The van der Waals surface area contributed by atoms with E-state index in [4.69, 9.17) is 0 Å². The van der Waals surface area contributed by atoms with Crippen LogP contribution in [0.5, 0.6) is 0 Å². The van der Waals surface area contributed by atoms with E-state index >= 15 is 0 Å². The van der Waals surface area contributed by atoms with E-state index < -0.39 is 0 Å². The summed E-state index contributed by atoms with van der Waals surface area (Å²) < 4.78 is 2.31. The fourth-order valence-corrected chi connectivity index (χ4v) is 2.32. The Morgan fingerprint density at radius 2 is 2.27 bits per heavy atom. The molecule has 1 saturated heterocycles. The quantitative estimate of drug-likeness (QED) is 0.816. The second kappa shape index (κ2) is 5.31. The summed E-state index contributed by atoms with van der Waals surface area (Å²) in [5.74, 6) is 2.12. The first kappa shape index (κ1) is 10.7. The van der Waals surface area contributed by atoms with Gasteiger partial charge in [-0.15, -0.1) is 0 Å². The standard InChI is InChI=1S/C12H21N3/c1-2-8-15-9-7-14-12(15)10-11-3-5-13-6-4-11/h7,9,11,13H,2-6,8,10H2,1H3. The Morgan fingerprint density at radius 1 is 1.47 bits per heavy atom. The van der Waals surface area contributed by atoms with E-state index in [1.54, 1.807) is 0 Å². The number of hydrogen-bond acceptors (Lipinski definition) is 2. The molecule has 1 aromatic rings. The number of nitrogens with one attached hydrogen (secondary N) is 1. The number of nitrogens with zero attached hydrogens (tertiary/aromatic N) is 2. The fourth-order valence-electron chi connectivity index (χ4n) is 2.32. The van der Waals surface area contributed by atoms with Crippen molar-refractivity contribution in [1.29, 1.82) is 0 Å². The Hall–Kier alpha value is -0.830. The number of piperidine rings is 1. The summed E-state index contributed by atoms with van der Waals surface area (Å²) >= 11 is 0. The normalized spacial score (nSPS) is 18.2. The molecule has 0 amide bonds. The lowest BCUT2D eigenvalue weighted by Gasteiger charge is -2.22. The monoisotopic (exact) mass is 207 g/mol. The van der Waals surface area contributed by atoms with Crippen LogP contribution in [0.1, 0.15) is 32.0 Å². The minimum absolute atomic E-state index is 0.837. The van der Waals surface area contributed by atoms with Crippen LogP contribution in [0.15, 0.2) is 12.4 Å². The summed E-state index contributed by atoms with van der Waals surface area (Å²) in [6.45, 7) is 5.69. The average Bonchev–Trinajstić information content (AvgIpc) is 2.68. The Bertz CT molecular complexity index is 287. The Balaban J connectivity index is 1.93. The van der Waals surface area contributed by atoms with Gasteiger partial charge in [-0.05, 0) is 38.3 Å². The van der Waals surface area contributed by atoms with Crippen LogP contribution in [0.2, 0.25) is 0 Å². The van der Waals surface area contributed by atoms with Crippen molar-refractivity contribution in [3.63, 3.8) is 0 Å². The van der Waals surface area contributed by atoms with E-state index in [9.17, 15) is 0 Å². The molecule has 3 heteroatoms. The number of aryl methyl sites for hydroxylation is 1. The first-order chi connectivity index (χ1) is 7.40. The predicted octanol–water partition coefficient (Wildman–Crippen LogP) is 1.84. The third kappa shape index (κ3) is 2.81. The second-order valence-electron chi connectivity index (χ2n) is 4.43. The zero-order chi connectivity index (χ0) is 10.5. The first-order valence-electron chi connectivity index (χ1n) is 6.11. The smallest absolute Gasteiger partial charge is 0.108 e. The zero-order valence-electron chi connectivity index (χ0n) is 9.58. The van der Waals surface area contributed by atoms with Gasteiger partial charge >= 0.3 is 0 Å². The van der Waals surface area contributed by atoms with Crippen molar-refractivity contribution in [2.24, 2.45) is 5.92 Å². The van der Waals surface area contributed by atoms with Gasteiger partial charge in [-0.2, -0.15) is 0 Å². The molecule has 0 aliphatic carbocycles. The van der Waals surface area contributed by atoms with Crippen LogP contribution < -0.4 is 5.32 Å². The van der Waals surface area contributed by atoms with Gasteiger partial charge in [0.25, 0.3) is 0 Å². The number of hydrogen-bond donors (Lipinski definition) is 1. The molecule has 0 spiro atoms. The van der Waals surface area contributed by atoms with E-state index in [2.05, 4.69) is 28.0 Å². The van der Waals surface area contributed by atoms with Gasteiger partial charge in [-0.3, -0.25) is 0 Å². The van der Waals surface area contributed by atoms with Gasteiger partial charge in [-0.25, -0.2) is 4.98 Å². The highest BCUT2D eigenvalue weighted by Crippen LogP contribution is 2.17. The van der Waals surface area contributed by atoms with Crippen LogP contribution in [-0.4, -0.2) is 22.6 Å². The summed E-state index contributed by atoms with van der Waals surface area (Å²) in [6.07, 6.45) is 9.01. The van der Waals surface area contributed by atoms with E-state index in [0.29, 0.717) is 0 Å². The lowest BCUT2D eigenvalue weighted by atomic mass is 9.94. The van der Waals surface area contributed by atoms with Gasteiger partial charge in [-0.1, -0.05) is 6.92 Å². The highest BCUT2D eigenvalue weighted by Gasteiger charge is 2.15. The van der Waals surface area contributed by atoms with Crippen molar-refractivity contribution in [2.45, 2.75) is 39.2 Å². The molecule has 15 heavy (non-hydrogen) atoms. The summed E-state index contributed by atoms with van der Waals surface area (Å²) in [5.41, 5.74) is 0. The minimum atomic E-state index is 0.837. The molecule has 0 saturated carbocycles. The highest BCUT2D eigenvalue weighted by molar-refractivity contribution is 4.94. The number of rotatable bonds is 4. The number of aromatic nitrogens is 2. The average molecular weight is 207 g/mol. The maximum absolute atomic E-state index is 4.47. The van der Waals surface area contributed by atoms with Crippen LogP contribution in [0.3, 0.4) is 0 Å². The molecule has 0 aromatic carbocycles. The molecule has 1 N–H and O–H groups in total. The summed E-state index contributed by atoms with van der Waals surface area (Å²) in [7, 11) is 0. The molecule has 0 radical (unpaired) electrons. The van der Waals surface area contributed by atoms with Crippen molar-refractivity contribution in [1.82, 2.24) is 14.9 Å². The van der Waals surface area contributed by atoms with Crippen LogP contribution in [-0.2, 0) is 13.0 Å². The minimum Gasteiger partial charge on any atom is -0.335 e. The van der Waals surface area contributed by atoms with Gasteiger partial charge in [0.05, 0.1) is 0 Å². The van der Waals surface area contributed by atoms with Crippen molar-refractivity contribution < 1.29 is 0 Å². The third-order valence-electron chi connectivity index (χ3n) is 3.20. The van der Waals surface area contributed by atoms with E-state index in [0.717, 1.165) is 18.9 Å². The SMILES string of the molecule is CCCn1ccnc1CC1CCNCC1. The summed E-state index contributed by atoms with van der Waals surface area (Å²) in [4.78, 5) is 4.47. The van der Waals surface area contributed by atoms with Gasteiger partial charge in [0, 0.05) is 25.4 Å². The molecule has 1 aliphatic rings. The van der Waals surface area contributed by atoms with Crippen LogP contribution >= 0.6 is 0 Å². The van der Waals surface area contributed by atoms with Crippen LogP contribution in [0.4, 0.5) is 0 Å². The van der Waals surface area contributed by atoms with Gasteiger partial charge in [0.1, 0.15) is 5.82 Å². The summed E-state index contributed by atoms with van der Waals surface area (Å²) in [5, 5.41) is 3.41. The Kier molecular flexibility index (Phi) is 3.78. The zero-order valence-corrected chi connectivity index (χ0v) is 9.58. The molecule has 84 valence electrons. The maximum Gasteiger partial charge on any atom is 0.108 e. The molecular weight excluding hydrogens is 186 g/mol. The Labute approximate surface area is 91.9 Å². The van der Waals surface area contributed by atoms with Gasteiger partial charge in [0.2, 0.25) is 0 Å². The van der Waals surface area contributed by atoms with E-state index in [-0.39, 0.29) is 0 Å². The van der Waals surface area contributed by atoms with Crippen molar-refractivity contribution in [3.05, 3.63) is 18.2 Å². The fraction of sp³-hybridized carbons (Fsp3) is 0.750. The van der Waals surface area contributed by atoms with Gasteiger partial charge < -0.3 is 9.88 Å². The first-order valence-corrected chi connectivity index (χ1v) is 6.11. The summed E-state index contributed by atoms with van der Waals surface area (Å²) in [6, 6.07) is 0. The third-order valence-corrected chi connectivity index (χ3v) is 3.20. The Morgan fingerprint density at radius 3 is 3.00 bits per heavy atom. The molecular formula is C12H21N3. The van der Waals surface area contributed by atoms with Crippen molar-refractivity contribution in [2.75, 3.05) is 13.1 Å². The van der Waals surface area contributed by atoms with Crippen molar-refractivity contribution >= 4 is 0 Å². The second-order valence-corrected chi connectivity index (χ2v) is 4.43. The lowest BCUT2D eigenvalue weighted by Crippen LogP contribution is -2.29. The molecule has 1 aromatic heterocycles. The van der Waals surface area contributed by atoms with Gasteiger partial charge in [0.15, 0.2) is 0 Å². The molecule has 2 rings (SSSR count). The molecule has 2 heterocycles. The van der Waals surface area contributed by atoms with E-state index in [1.807, 2.05) is 6.20 Å². The van der Waals surface area contributed by atoms with E-state index in [1.165, 1.54) is 38.2 Å². The molecule has 1 fully saturated rings. The topological polar surface area (TPSA) is 29.9 Å². The molecule has 1 aliphatic heterocycles. The predicted molar refractivity (Wildman–Crippen MR) is 61.8 cm³/mol. The highest BCUT2D eigenvalue weighted by atomic mass is 15.1. The largest absolute Gasteiger partial charge is 0.335 e. The molecule has 0 bridgehead atoms. The van der Waals surface area contributed by atoms with Crippen molar-refractivity contribution in [3.8, 4) is 0 Å². The van der Waals surface area contributed by atoms with Crippen LogP contribution in [0.25, 0.3) is 0 Å². The molecule has 0 atom stereocenters. The lowest BCUT2D eigenvalue weighted by molar-refractivity contribution is 0.362. The molecule has 0 unspecified atom stereocenters. The molecule has 3 nitrogen and oxygen atoms in total. The van der Waals surface area contributed by atoms with Crippen LogP contribution in [0, 0.1) is 5.92 Å². The number of imidazole rings is 1. The maximum atomic E-state index is 4.47.